The molecule has 0 amide bonds. The summed E-state index contributed by atoms with van der Waals surface area (Å²) in [4.78, 5) is 4.23. The highest BCUT2D eigenvalue weighted by molar-refractivity contribution is 7.09. The Labute approximate surface area is 105 Å². The molecule has 0 saturated heterocycles. The first-order chi connectivity index (χ1) is 8.40. The molecule has 1 N–H and O–H groups in total. The van der Waals surface area contributed by atoms with E-state index < -0.39 is 0 Å². The normalized spacial score (nSPS) is 10.4. The van der Waals surface area contributed by atoms with Crippen molar-refractivity contribution in [3.05, 3.63) is 46.4 Å². The maximum absolute atomic E-state index is 5.57. The third kappa shape index (κ3) is 3.54. The van der Waals surface area contributed by atoms with E-state index >= 15 is 0 Å². The number of rotatable bonds is 6. The maximum atomic E-state index is 5.57. The molecule has 0 fully saturated rings. The van der Waals surface area contributed by atoms with E-state index in [1.807, 2.05) is 36.7 Å². The fourth-order valence-corrected chi connectivity index (χ4v) is 2.18. The molecule has 1 aromatic carbocycles. The van der Waals surface area contributed by atoms with Gasteiger partial charge < -0.3 is 10.1 Å². The molecule has 0 radical (unpaired) electrons. The third-order valence-electron chi connectivity index (χ3n) is 2.35. The molecular formula is C13H16N2OS. The largest absolute Gasteiger partial charge is 0.494 e. The van der Waals surface area contributed by atoms with Crippen molar-refractivity contribution in [1.82, 2.24) is 10.3 Å². The first kappa shape index (κ1) is 12.1. The summed E-state index contributed by atoms with van der Waals surface area (Å²) < 4.78 is 5.57. The van der Waals surface area contributed by atoms with Crippen molar-refractivity contribution in [2.24, 2.45) is 0 Å². The third-order valence-corrected chi connectivity index (χ3v) is 3.13. The predicted octanol–water partition coefficient (Wildman–Crippen LogP) is 2.83. The van der Waals surface area contributed by atoms with Crippen LogP contribution in [-0.2, 0) is 13.1 Å². The molecule has 1 heterocycles. The van der Waals surface area contributed by atoms with Gasteiger partial charge in [-0.25, -0.2) is 4.98 Å². The number of hydrogen-bond acceptors (Lipinski definition) is 4. The number of para-hydroxylation sites is 1. The van der Waals surface area contributed by atoms with Crippen molar-refractivity contribution in [3.8, 4) is 5.75 Å². The van der Waals surface area contributed by atoms with Crippen LogP contribution in [0.4, 0.5) is 0 Å². The minimum absolute atomic E-state index is 0.698. The Bertz CT molecular complexity index is 442. The summed E-state index contributed by atoms with van der Waals surface area (Å²) in [6.07, 6.45) is 1.83. The van der Waals surface area contributed by atoms with E-state index in [-0.39, 0.29) is 0 Å². The monoisotopic (exact) mass is 248 g/mol. The molecule has 2 rings (SSSR count). The lowest BCUT2D eigenvalue weighted by atomic mass is 10.2. The van der Waals surface area contributed by atoms with Gasteiger partial charge in [-0.05, 0) is 13.0 Å². The quantitative estimate of drug-likeness (QED) is 0.853. The predicted molar refractivity (Wildman–Crippen MR) is 70.3 cm³/mol. The lowest BCUT2D eigenvalue weighted by molar-refractivity contribution is 0.335. The summed E-state index contributed by atoms with van der Waals surface area (Å²) in [5.74, 6) is 0.960. The van der Waals surface area contributed by atoms with Crippen LogP contribution in [0, 0.1) is 0 Å². The highest BCUT2D eigenvalue weighted by Crippen LogP contribution is 2.17. The zero-order valence-electron chi connectivity index (χ0n) is 9.85. The van der Waals surface area contributed by atoms with Crippen LogP contribution >= 0.6 is 11.3 Å². The average molecular weight is 248 g/mol. The molecule has 2 aromatic rings. The van der Waals surface area contributed by atoms with Gasteiger partial charge in [0.05, 0.1) is 6.61 Å². The van der Waals surface area contributed by atoms with Crippen LogP contribution in [-0.4, -0.2) is 11.6 Å². The van der Waals surface area contributed by atoms with E-state index in [9.17, 15) is 0 Å². The van der Waals surface area contributed by atoms with Crippen molar-refractivity contribution in [2.45, 2.75) is 20.0 Å². The van der Waals surface area contributed by atoms with Gasteiger partial charge in [0, 0.05) is 30.2 Å². The van der Waals surface area contributed by atoms with Gasteiger partial charge in [-0.3, -0.25) is 0 Å². The Hall–Kier alpha value is -1.39. The van der Waals surface area contributed by atoms with E-state index in [1.165, 1.54) is 5.56 Å². The molecule has 0 bridgehead atoms. The second-order valence-corrected chi connectivity index (χ2v) is 4.55. The van der Waals surface area contributed by atoms with E-state index in [2.05, 4.69) is 16.4 Å². The average Bonchev–Trinajstić information content (AvgIpc) is 2.85. The fraction of sp³-hybridized carbons (Fsp3) is 0.308. The molecule has 0 saturated carbocycles. The number of benzene rings is 1. The van der Waals surface area contributed by atoms with Gasteiger partial charge in [0.1, 0.15) is 10.8 Å². The Morgan fingerprint density at radius 1 is 1.29 bits per heavy atom. The fourth-order valence-electron chi connectivity index (χ4n) is 1.59. The van der Waals surface area contributed by atoms with Crippen LogP contribution in [0.2, 0.25) is 0 Å². The Balaban J connectivity index is 1.89. The van der Waals surface area contributed by atoms with Crippen molar-refractivity contribution in [1.29, 1.82) is 0 Å². The molecule has 1 aromatic heterocycles. The molecule has 0 spiro atoms. The van der Waals surface area contributed by atoms with Crippen molar-refractivity contribution in [2.75, 3.05) is 6.61 Å². The summed E-state index contributed by atoms with van der Waals surface area (Å²) in [5, 5.41) is 6.47. The molecule has 0 atom stereocenters. The summed E-state index contributed by atoms with van der Waals surface area (Å²) in [6, 6.07) is 8.11. The van der Waals surface area contributed by atoms with Crippen molar-refractivity contribution >= 4 is 11.3 Å². The molecule has 0 aliphatic carbocycles. The molecule has 0 unspecified atom stereocenters. The van der Waals surface area contributed by atoms with Crippen LogP contribution in [0.25, 0.3) is 0 Å². The SMILES string of the molecule is CCOc1ccccc1CNCc1nccs1. The minimum atomic E-state index is 0.698. The van der Waals surface area contributed by atoms with Gasteiger partial charge in [0.2, 0.25) is 0 Å². The lowest BCUT2D eigenvalue weighted by Gasteiger charge is -2.10. The summed E-state index contributed by atoms with van der Waals surface area (Å²) in [7, 11) is 0. The van der Waals surface area contributed by atoms with Crippen LogP contribution in [0.1, 0.15) is 17.5 Å². The number of hydrogen-bond donors (Lipinski definition) is 1. The standard InChI is InChI=1S/C13H16N2OS/c1-2-16-12-6-4-3-5-11(12)9-14-10-13-15-7-8-17-13/h3-8,14H,2,9-10H2,1H3. The zero-order valence-corrected chi connectivity index (χ0v) is 10.7. The smallest absolute Gasteiger partial charge is 0.123 e. The molecule has 0 aliphatic heterocycles. The number of aromatic nitrogens is 1. The van der Waals surface area contributed by atoms with Gasteiger partial charge in [-0.15, -0.1) is 11.3 Å². The highest BCUT2D eigenvalue weighted by atomic mass is 32.1. The summed E-state index contributed by atoms with van der Waals surface area (Å²) >= 11 is 1.67. The van der Waals surface area contributed by atoms with Crippen molar-refractivity contribution < 1.29 is 4.74 Å². The first-order valence-electron chi connectivity index (χ1n) is 5.70. The molecule has 3 nitrogen and oxygen atoms in total. The highest BCUT2D eigenvalue weighted by Gasteiger charge is 2.02. The van der Waals surface area contributed by atoms with E-state index in [0.717, 1.165) is 23.8 Å². The number of ether oxygens (including phenoxy) is 1. The Morgan fingerprint density at radius 3 is 2.94 bits per heavy atom. The summed E-state index contributed by atoms with van der Waals surface area (Å²) in [6.45, 7) is 4.30. The topological polar surface area (TPSA) is 34.1 Å². The zero-order chi connectivity index (χ0) is 11.9. The molecule has 4 heteroatoms. The van der Waals surface area contributed by atoms with Crippen LogP contribution < -0.4 is 10.1 Å². The van der Waals surface area contributed by atoms with Crippen LogP contribution in [0.5, 0.6) is 5.75 Å². The molecular weight excluding hydrogens is 232 g/mol. The molecule has 17 heavy (non-hydrogen) atoms. The number of nitrogens with one attached hydrogen (secondary N) is 1. The van der Waals surface area contributed by atoms with Gasteiger partial charge in [-0.2, -0.15) is 0 Å². The van der Waals surface area contributed by atoms with Crippen molar-refractivity contribution in [3.63, 3.8) is 0 Å². The second kappa shape index (κ2) is 6.37. The maximum Gasteiger partial charge on any atom is 0.123 e. The van der Waals surface area contributed by atoms with Crippen LogP contribution in [0.3, 0.4) is 0 Å². The number of thiazole rings is 1. The van der Waals surface area contributed by atoms with Gasteiger partial charge in [0.25, 0.3) is 0 Å². The molecule has 90 valence electrons. The Kier molecular flexibility index (Phi) is 4.53. The number of nitrogens with zero attached hydrogens (tertiary/aromatic N) is 1. The van der Waals surface area contributed by atoms with Crippen LogP contribution in [0.15, 0.2) is 35.8 Å². The van der Waals surface area contributed by atoms with E-state index in [1.54, 1.807) is 11.3 Å². The van der Waals surface area contributed by atoms with Gasteiger partial charge in [0.15, 0.2) is 0 Å². The summed E-state index contributed by atoms with van der Waals surface area (Å²) in [5.41, 5.74) is 1.19. The first-order valence-corrected chi connectivity index (χ1v) is 6.58. The minimum Gasteiger partial charge on any atom is -0.494 e. The molecule has 0 aliphatic rings. The second-order valence-electron chi connectivity index (χ2n) is 3.57. The van der Waals surface area contributed by atoms with Gasteiger partial charge in [-0.1, -0.05) is 18.2 Å². The lowest BCUT2D eigenvalue weighted by Crippen LogP contribution is -2.13. The Morgan fingerprint density at radius 2 is 2.18 bits per heavy atom. The van der Waals surface area contributed by atoms with Gasteiger partial charge >= 0.3 is 0 Å². The van der Waals surface area contributed by atoms with E-state index in [0.29, 0.717) is 6.61 Å². The van der Waals surface area contributed by atoms with E-state index in [4.69, 9.17) is 4.74 Å².